The van der Waals surface area contributed by atoms with Gasteiger partial charge in [-0.25, -0.2) is 0 Å². The Hall–Kier alpha value is -2.80. The van der Waals surface area contributed by atoms with E-state index in [4.69, 9.17) is 28.4 Å². The Morgan fingerprint density at radius 3 is 1.50 bits per heavy atom. The highest BCUT2D eigenvalue weighted by atomic mass is 16.7. The van der Waals surface area contributed by atoms with Gasteiger partial charge >= 0.3 is 11.9 Å². The molecule has 66 heavy (non-hydrogen) atoms. The summed E-state index contributed by atoms with van der Waals surface area (Å²) in [6, 6.07) is 0. The van der Waals surface area contributed by atoms with Crippen molar-refractivity contribution in [2.24, 2.45) is 0 Å². The second kappa shape index (κ2) is 38.1. The Labute approximate surface area is 394 Å². The molecule has 0 radical (unpaired) electrons. The van der Waals surface area contributed by atoms with E-state index in [1.807, 2.05) is 0 Å². The van der Waals surface area contributed by atoms with Gasteiger partial charge in [0.05, 0.1) is 19.8 Å². The molecule has 15 nitrogen and oxygen atoms in total. The van der Waals surface area contributed by atoms with E-state index in [1.165, 1.54) is 19.3 Å². The molecule has 0 spiro atoms. The zero-order valence-electron chi connectivity index (χ0n) is 39.9. The fraction of sp³-hybridized carbons (Fsp3) is 0.765. The van der Waals surface area contributed by atoms with Crippen LogP contribution in [0.1, 0.15) is 155 Å². The minimum Gasteiger partial charge on any atom is -0.462 e. The van der Waals surface area contributed by atoms with Crippen molar-refractivity contribution in [2.75, 3.05) is 26.4 Å². The van der Waals surface area contributed by atoms with Gasteiger partial charge in [-0.05, 0) is 77.0 Å². The van der Waals surface area contributed by atoms with Crippen molar-refractivity contribution in [1.82, 2.24) is 0 Å². The maximum Gasteiger partial charge on any atom is 0.306 e. The van der Waals surface area contributed by atoms with E-state index in [0.29, 0.717) is 12.8 Å². The third-order valence-electron chi connectivity index (χ3n) is 11.5. The Bertz CT molecular complexity index is 1380. The second-order valence-corrected chi connectivity index (χ2v) is 17.3. The number of carbonyl (C=O) groups is 2. The summed E-state index contributed by atoms with van der Waals surface area (Å²) in [7, 11) is 0. The number of allylic oxidation sites excluding steroid dienone is 10. The van der Waals surface area contributed by atoms with E-state index in [0.717, 1.165) is 96.3 Å². The molecule has 2 heterocycles. The molecule has 0 amide bonds. The highest BCUT2D eigenvalue weighted by Crippen LogP contribution is 2.26. The third kappa shape index (κ3) is 26.1. The minimum atomic E-state index is -1.77. The molecule has 11 unspecified atom stereocenters. The van der Waals surface area contributed by atoms with Gasteiger partial charge in [-0.2, -0.15) is 0 Å². The van der Waals surface area contributed by atoms with Crippen molar-refractivity contribution in [3.05, 3.63) is 60.8 Å². The van der Waals surface area contributed by atoms with Crippen LogP contribution in [0.25, 0.3) is 0 Å². The van der Waals surface area contributed by atoms with Crippen LogP contribution in [-0.2, 0) is 38.0 Å². The van der Waals surface area contributed by atoms with E-state index in [1.54, 1.807) is 0 Å². The van der Waals surface area contributed by atoms with Crippen molar-refractivity contribution >= 4 is 11.9 Å². The SMILES string of the molecule is CC/C=C\C/C=C\C/C=C\CCCCCCCC(=O)OC(COC(=O)CCCCCCC/C=C\C/C=C\CCCCC)COC1OC(COC2OC(CO)C(O)C(O)C2O)C(O)C(O)C1O. The molecule has 2 rings (SSSR count). The molecular formula is C51H86O15. The van der Waals surface area contributed by atoms with Gasteiger partial charge in [0.1, 0.15) is 55.4 Å². The van der Waals surface area contributed by atoms with Crippen LogP contribution in [0.2, 0.25) is 0 Å². The van der Waals surface area contributed by atoms with Gasteiger partial charge in [0.25, 0.3) is 0 Å². The first kappa shape index (κ1) is 59.3. The zero-order valence-corrected chi connectivity index (χ0v) is 39.9. The summed E-state index contributed by atoms with van der Waals surface area (Å²) in [5.74, 6) is -0.966. The molecule has 7 N–H and O–H groups in total. The Morgan fingerprint density at radius 1 is 0.500 bits per heavy atom. The van der Waals surface area contributed by atoms with Crippen LogP contribution in [0.3, 0.4) is 0 Å². The van der Waals surface area contributed by atoms with Crippen LogP contribution in [0, 0.1) is 0 Å². The van der Waals surface area contributed by atoms with E-state index in [2.05, 4.69) is 74.6 Å². The first-order valence-corrected chi connectivity index (χ1v) is 24.9. The molecule has 0 aromatic carbocycles. The lowest BCUT2D eigenvalue weighted by Gasteiger charge is -2.42. The van der Waals surface area contributed by atoms with Crippen LogP contribution in [0.5, 0.6) is 0 Å². The van der Waals surface area contributed by atoms with Crippen LogP contribution in [0.15, 0.2) is 60.8 Å². The number of aliphatic hydroxyl groups excluding tert-OH is 7. The van der Waals surface area contributed by atoms with Gasteiger partial charge in [0.15, 0.2) is 18.7 Å². The number of ether oxygens (including phenoxy) is 6. The Kier molecular flexibility index (Phi) is 34.2. The maximum absolute atomic E-state index is 13.0. The second-order valence-electron chi connectivity index (χ2n) is 17.3. The Balaban J connectivity index is 1.84. The van der Waals surface area contributed by atoms with Gasteiger partial charge in [-0.15, -0.1) is 0 Å². The summed E-state index contributed by atoms with van der Waals surface area (Å²) in [6.07, 6.45) is 25.3. The predicted molar refractivity (Wildman–Crippen MR) is 252 cm³/mol. The van der Waals surface area contributed by atoms with Crippen molar-refractivity contribution in [2.45, 2.75) is 223 Å². The van der Waals surface area contributed by atoms with Gasteiger partial charge in [-0.1, -0.05) is 126 Å². The van der Waals surface area contributed by atoms with Crippen LogP contribution >= 0.6 is 0 Å². The number of hydrogen-bond acceptors (Lipinski definition) is 15. The van der Waals surface area contributed by atoms with Crippen molar-refractivity contribution < 1.29 is 73.8 Å². The van der Waals surface area contributed by atoms with Crippen molar-refractivity contribution in [3.8, 4) is 0 Å². The molecule has 0 aromatic rings. The summed E-state index contributed by atoms with van der Waals surface area (Å²) >= 11 is 0. The molecule has 0 saturated carbocycles. The quantitative estimate of drug-likeness (QED) is 0.0201. The lowest BCUT2D eigenvalue weighted by molar-refractivity contribution is -0.332. The first-order chi connectivity index (χ1) is 32.0. The molecule has 0 bridgehead atoms. The fourth-order valence-electron chi connectivity index (χ4n) is 7.38. The smallest absolute Gasteiger partial charge is 0.306 e. The highest BCUT2D eigenvalue weighted by Gasteiger charge is 2.47. The summed E-state index contributed by atoms with van der Waals surface area (Å²) < 4.78 is 33.5. The normalized spacial score (nSPS) is 26.7. The molecule has 2 fully saturated rings. The lowest BCUT2D eigenvalue weighted by atomic mass is 9.98. The molecular weight excluding hydrogens is 853 g/mol. The molecule has 2 aliphatic rings. The summed E-state index contributed by atoms with van der Waals surface area (Å²) in [6.45, 7) is 2.40. The average Bonchev–Trinajstić information content (AvgIpc) is 3.31. The molecule has 0 aromatic heterocycles. The first-order valence-electron chi connectivity index (χ1n) is 24.9. The van der Waals surface area contributed by atoms with Crippen LogP contribution in [-0.4, -0.2) is 142 Å². The van der Waals surface area contributed by atoms with Gasteiger partial charge < -0.3 is 64.2 Å². The van der Waals surface area contributed by atoms with E-state index >= 15 is 0 Å². The standard InChI is InChI=1S/C51H86O15/c1-3-5-7-9-11-13-15-17-19-21-23-25-27-29-31-33-42(53)61-36-39(64-43(54)34-32-30-28-26-24-22-20-18-16-14-12-10-8-6-4-2)37-62-50-49(60)47(58)45(56)41(66-50)38-63-51-48(59)46(57)44(55)40(35-52)65-51/h6,8,11-14,17-20,39-41,44-52,55-60H,3-5,7,9-10,15-16,21-38H2,1-2H3/b8-6-,13-11-,14-12-,19-17-,20-18-. The van der Waals surface area contributed by atoms with Gasteiger partial charge in [-0.3, -0.25) is 9.59 Å². The molecule has 380 valence electrons. The van der Waals surface area contributed by atoms with E-state index in [9.17, 15) is 45.3 Å². The number of hydrogen-bond donors (Lipinski definition) is 7. The van der Waals surface area contributed by atoms with Crippen molar-refractivity contribution in [3.63, 3.8) is 0 Å². The molecule has 2 saturated heterocycles. The Morgan fingerprint density at radius 2 is 0.955 bits per heavy atom. The highest BCUT2D eigenvalue weighted by molar-refractivity contribution is 5.70. The number of aliphatic hydroxyl groups is 7. The topological polar surface area (TPSA) is 231 Å². The largest absolute Gasteiger partial charge is 0.462 e. The maximum atomic E-state index is 13.0. The van der Waals surface area contributed by atoms with E-state index in [-0.39, 0.29) is 19.4 Å². The van der Waals surface area contributed by atoms with Gasteiger partial charge in [0, 0.05) is 12.8 Å². The van der Waals surface area contributed by atoms with Crippen LogP contribution < -0.4 is 0 Å². The molecule has 15 heteroatoms. The summed E-state index contributed by atoms with van der Waals surface area (Å²) in [5, 5.41) is 72.0. The summed E-state index contributed by atoms with van der Waals surface area (Å²) in [5.41, 5.74) is 0. The van der Waals surface area contributed by atoms with Gasteiger partial charge in [0.2, 0.25) is 0 Å². The zero-order chi connectivity index (χ0) is 48.2. The van der Waals surface area contributed by atoms with Crippen molar-refractivity contribution in [1.29, 1.82) is 0 Å². The summed E-state index contributed by atoms with van der Waals surface area (Å²) in [4.78, 5) is 25.7. The average molecular weight is 939 g/mol. The molecule has 2 aliphatic heterocycles. The number of rotatable bonds is 37. The molecule has 11 atom stereocenters. The minimum absolute atomic E-state index is 0.140. The van der Waals surface area contributed by atoms with E-state index < -0.39 is 99.3 Å². The number of esters is 2. The third-order valence-corrected chi connectivity index (χ3v) is 11.5. The fourth-order valence-corrected chi connectivity index (χ4v) is 7.38. The number of carbonyl (C=O) groups excluding carboxylic acids is 2. The number of unbranched alkanes of at least 4 members (excludes halogenated alkanes) is 13. The monoisotopic (exact) mass is 939 g/mol. The van der Waals surface area contributed by atoms with Crippen LogP contribution in [0.4, 0.5) is 0 Å². The molecule has 0 aliphatic carbocycles. The predicted octanol–water partition coefficient (Wildman–Crippen LogP) is 6.49. The lowest BCUT2D eigenvalue weighted by Crippen LogP contribution is -2.61.